The lowest BCUT2D eigenvalue weighted by Gasteiger charge is -2.42. The zero-order valence-corrected chi connectivity index (χ0v) is 18.5. The molecular weight excluding hydrogens is 417 g/mol. The van der Waals surface area contributed by atoms with Crippen LogP contribution in [-0.4, -0.2) is 27.7 Å². The second kappa shape index (κ2) is 7.20. The van der Waals surface area contributed by atoms with E-state index in [1.165, 1.54) is 4.40 Å². The quantitative estimate of drug-likeness (QED) is 0.538. The van der Waals surface area contributed by atoms with Crippen molar-refractivity contribution in [2.24, 2.45) is 0 Å². The molecule has 0 radical (unpaired) electrons. The van der Waals surface area contributed by atoms with Gasteiger partial charge in [-0.05, 0) is 50.3 Å². The first kappa shape index (κ1) is 21.2. The standard InChI is InChI=1S/C24H27F3N4O/c1-4-7-19-28-29-21-20(24(25,26)27)18(10-13-31(19)21)30-14-11-23(12-15-30)17-9-6-5-8-16(17)22(2,3)32-23/h5-6,8-10,13H,4,7,11-12,14-15H2,1-3H3. The van der Waals surface area contributed by atoms with E-state index < -0.39 is 22.9 Å². The number of benzene rings is 1. The number of rotatable bonds is 3. The van der Waals surface area contributed by atoms with Gasteiger partial charge in [-0.2, -0.15) is 13.2 Å². The molecular formula is C24H27F3N4O. The summed E-state index contributed by atoms with van der Waals surface area (Å²) in [7, 11) is 0. The number of nitrogens with zero attached hydrogens (tertiary/aromatic N) is 4. The molecule has 8 heteroatoms. The normalized spacial score (nSPS) is 19.6. The number of ether oxygens (including phenoxy) is 1. The number of fused-ring (bicyclic) bond motifs is 3. The van der Waals surface area contributed by atoms with Crippen LogP contribution < -0.4 is 4.90 Å². The number of pyridine rings is 1. The van der Waals surface area contributed by atoms with E-state index in [4.69, 9.17) is 4.74 Å². The first-order chi connectivity index (χ1) is 15.2. The molecule has 0 aliphatic carbocycles. The van der Waals surface area contributed by atoms with Crippen LogP contribution in [0.5, 0.6) is 0 Å². The minimum Gasteiger partial charge on any atom is -0.371 e. The van der Waals surface area contributed by atoms with Gasteiger partial charge in [0.05, 0.1) is 16.9 Å². The molecule has 4 heterocycles. The van der Waals surface area contributed by atoms with Gasteiger partial charge in [0.2, 0.25) is 0 Å². The van der Waals surface area contributed by atoms with Crippen LogP contribution in [0, 0.1) is 0 Å². The zero-order chi connectivity index (χ0) is 22.7. The maximum absolute atomic E-state index is 14.2. The second-order valence-corrected chi connectivity index (χ2v) is 9.27. The molecule has 0 amide bonds. The predicted molar refractivity (Wildman–Crippen MR) is 116 cm³/mol. The Bertz CT molecular complexity index is 1160. The number of aryl methyl sites for hydroxylation is 1. The van der Waals surface area contributed by atoms with Crippen molar-refractivity contribution in [1.82, 2.24) is 14.6 Å². The Morgan fingerprint density at radius 1 is 1.03 bits per heavy atom. The minimum atomic E-state index is -4.53. The molecule has 2 aliphatic heterocycles. The Kier molecular flexibility index (Phi) is 4.78. The summed E-state index contributed by atoms with van der Waals surface area (Å²) in [5.41, 5.74) is 0.798. The van der Waals surface area contributed by atoms with E-state index >= 15 is 0 Å². The van der Waals surface area contributed by atoms with E-state index in [1.807, 2.05) is 24.0 Å². The number of piperidine rings is 1. The largest absolute Gasteiger partial charge is 0.422 e. The highest BCUT2D eigenvalue weighted by Gasteiger charge is 2.50. The molecule has 3 aromatic rings. The summed E-state index contributed by atoms with van der Waals surface area (Å²) in [6.07, 6.45) is -0.235. The van der Waals surface area contributed by atoms with Crippen molar-refractivity contribution in [3.63, 3.8) is 0 Å². The highest BCUT2D eigenvalue weighted by molar-refractivity contribution is 5.67. The first-order valence-corrected chi connectivity index (χ1v) is 11.2. The monoisotopic (exact) mass is 444 g/mol. The number of anilines is 1. The Morgan fingerprint density at radius 2 is 1.72 bits per heavy atom. The lowest BCUT2D eigenvalue weighted by Crippen LogP contribution is -2.44. The summed E-state index contributed by atoms with van der Waals surface area (Å²) in [5.74, 6) is 0.551. The molecule has 5 nitrogen and oxygen atoms in total. The number of alkyl halides is 3. The van der Waals surface area contributed by atoms with Crippen LogP contribution in [0.4, 0.5) is 18.9 Å². The fourth-order valence-electron chi connectivity index (χ4n) is 5.41. The van der Waals surface area contributed by atoms with Crippen molar-refractivity contribution < 1.29 is 17.9 Å². The van der Waals surface area contributed by atoms with E-state index in [0.29, 0.717) is 38.2 Å². The van der Waals surface area contributed by atoms with Gasteiger partial charge in [-0.1, -0.05) is 31.2 Å². The smallest absolute Gasteiger partial charge is 0.371 e. The maximum Gasteiger partial charge on any atom is 0.422 e. The van der Waals surface area contributed by atoms with Gasteiger partial charge in [0.15, 0.2) is 5.65 Å². The van der Waals surface area contributed by atoms with Crippen molar-refractivity contribution in [3.05, 3.63) is 59.0 Å². The van der Waals surface area contributed by atoms with Crippen LogP contribution in [0.3, 0.4) is 0 Å². The minimum absolute atomic E-state index is 0.123. The van der Waals surface area contributed by atoms with Crippen LogP contribution in [0.2, 0.25) is 0 Å². The van der Waals surface area contributed by atoms with Crippen molar-refractivity contribution >= 4 is 11.3 Å². The summed E-state index contributed by atoms with van der Waals surface area (Å²) in [6.45, 7) is 7.02. The Labute approximate surface area is 185 Å². The van der Waals surface area contributed by atoms with E-state index in [0.717, 1.165) is 17.5 Å². The van der Waals surface area contributed by atoms with Crippen molar-refractivity contribution in [2.45, 2.75) is 63.8 Å². The van der Waals surface area contributed by atoms with Gasteiger partial charge >= 0.3 is 6.18 Å². The van der Waals surface area contributed by atoms with E-state index in [1.54, 1.807) is 12.3 Å². The van der Waals surface area contributed by atoms with Gasteiger partial charge in [0.1, 0.15) is 11.4 Å². The summed E-state index contributed by atoms with van der Waals surface area (Å²) in [6, 6.07) is 9.76. The molecule has 0 unspecified atom stereocenters. The molecule has 1 aromatic carbocycles. The molecule has 170 valence electrons. The number of hydrogen-bond donors (Lipinski definition) is 0. The fourth-order valence-corrected chi connectivity index (χ4v) is 5.41. The van der Waals surface area contributed by atoms with Crippen LogP contribution in [0.25, 0.3) is 5.65 Å². The molecule has 1 spiro atoms. The number of hydrogen-bond acceptors (Lipinski definition) is 4. The number of aromatic nitrogens is 3. The first-order valence-electron chi connectivity index (χ1n) is 11.2. The topological polar surface area (TPSA) is 42.7 Å². The molecule has 5 rings (SSSR count). The molecule has 1 fully saturated rings. The third-order valence-electron chi connectivity index (χ3n) is 6.81. The van der Waals surface area contributed by atoms with Crippen LogP contribution >= 0.6 is 0 Å². The van der Waals surface area contributed by atoms with E-state index in [-0.39, 0.29) is 11.3 Å². The zero-order valence-electron chi connectivity index (χ0n) is 18.5. The van der Waals surface area contributed by atoms with Crippen LogP contribution in [0.15, 0.2) is 36.5 Å². The third-order valence-corrected chi connectivity index (χ3v) is 6.81. The highest BCUT2D eigenvalue weighted by atomic mass is 19.4. The predicted octanol–water partition coefficient (Wildman–Crippen LogP) is 5.46. The van der Waals surface area contributed by atoms with Gasteiger partial charge in [-0.25, -0.2) is 0 Å². The van der Waals surface area contributed by atoms with E-state index in [2.05, 4.69) is 36.2 Å². The molecule has 2 aromatic heterocycles. The van der Waals surface area contributed by atoms with E-state index in [9.17, 15) is 13.2 Å². The average Bonchev–Trinajstić information content (AvgIpc) is 3.24. The Balaban J connectivity index is 1.50. The van der Waals surface area contributed by atoms with Gasteiger partial charge in [-0.15, -0.1) is 10.2 Å². The van der Waals surface area contributed by atoms with Crippen molar-refractivity contribution in [1.29, 1.82) is 0 Å². The molecule has 1 saturated heterocycles. The second-order valence-electron chi connectivity index (χ2n) is 9.27. The SMILES string of the molecule is CCCc1nnc2c(C(F)(F)F)c(N3CCC4(CC3)OC(C)(C)c3ccccc34)ccn12. The lowest BCUT2D eigenvalue weighted by molar-refractivity contribution is -0.138. The van der Waals surface area contributed by atoms with Crippen LogP contribution in [0.1, 0.15) is 62.5 Å². The Hall–Kier alpha value is -2.61. The van der Waals surface area contributed by atoms with Crippen molar-refractivity contribution in [3.8, 4) is 0 Å². The number of halogens is 3. The molecule has 0 saturated carbocycles. The fraction of sp³-hybridized carbons (Fsp3) is 0.500. The molecule has 32 heavy (non-hydrogen) atoms. The maximum atomic E-state index is 14.2. The summed E-state index contributed by atoms with van der Waals surface area (Å²) >= 11 is 0. The lowest BCUT2D eigenvalue weighted by atomic mass is 9.82. The summed E-state index contributed by atoms with van der Waals surface area (Å²) in [4.78, 5) is 1.82. The van der Waals surface area contributed by atoms with Gasteiger partial charge in [0, 0.05) is 25.7 Å². The molecule has 2 aliphatic rings. The molecule has 0 bridgehead atoms. The van der Waals surface area contributed by atoms with Crippen molar-refractivity contribution in [2.75, 3.05) is 18.0 Å². The summed E-state index contributed by atoms with van der Waals surface area (Å²) < 4.78 is 50.6. The van der Waals surface area contributed by atoms with Crippen LogP contribution in [-0.2, 0) is 28.5 Å². The third kappa shape index (κ3) is 3.18. The van der Waals surface area contributed by atoms with Gasteiger partial charge < -0.3 is 9.64 Å². The Morgan fingerprint density at radius 3 is 2.38 bits per heavy atom. The van der Waals surface area contributed by atoms with Gasteiger partial charge in [-0.3, -0.25) is 4.40 Å². The molecule has 0 atom stereocenters. The summed E-state index contributed by atoms with van der Waals surface area (Å²) in [5, 5.41) is 7.94. The van der Waals surface area contributed by atoms with Gasteiger partial charge in [0.25, 0.3) is 0 Å². The highest BCUT2D eigenvalue weighted by Crippen LogP contribution is 2.52. The molecule has 0 N–H and O–H groups in total. The average molecular weight is 445 g/mol.